The zero-order valence-electron chi connectivity index (χ0n) is 9.56. The third kappa shape index (κ3) is 2.56. The fourth-order valence-electron chi connectivity index (χ4n) is 1.79. The van der Waals surface area contributed by atoms with Gasteiger partial charge in [0.05, 0.1) is 16.5 Å². The molecule has 0 unspecified atom stereocenters. The van der Waals surface area contributed by atoms with Crippen molar-refractivity contribution in [2.45, 2.75) is 0 Å². The van der Waals surface area contributed by atoms with E-state index in [9.17, 15) is 8.42 Å². The van der Waals surface area contributed by atoms with Gasteiger partial charge >= 0.3 is 0 Å². The van der Waals surface area contributed by atoms with Crippen molar-refractivity contribution in [2.24, 2.45) is 5.73 Å². The molecule has 1 aromatic rings. The number of aromatic nitrogens is 1. The Morgan fingerprint density at radius 1 is 1.44 bits per heavy atom. The van der Waals surface area contributed by atoms with E-state index in [0.29, 0.717) is 29.5 Å². The average Bonchev–Trinajstić information content (AvgIpc) is 2.29. The van der Waals surface area contributed by atoms with Crippen molar-refractivity contribution in [3.63, 3.8) is 0 Å². The number of halogens is 1. The van der Waals surface area contributed by atoms with Crippen LogP contribution in [0.25, 0.3) is 0 Å². The van der Waals surface area contributed by atoms with Gasteiger partial charge in [0.15, 0.2) is 9.84 Å². The molecule has 1 saturated heterocycles. The molecule has 0 spiro atoms. The van der Waals surface area contributed by atoms with Crippen molar-refractivity contribution < 1.29 is 8.42 Å². The highest BCUT2D eigenvalue weighted by Gasteiger charge is 2.24. The molecule has 98 valence electrons. The van der Waals surface area contributed by atoms with E-state index in [-0.39, 0.29) is 17.3 Å². The third-order valence-electron chi connectivity index (χ3n) is 2.80. The van der Waals surface area contributed by atoms with E-state index in [1.807, 2.05) is 0 Å². The molecule has 0 bridgehead atoms. The van der Waals surface area contributed by atoms with Gasteiger partial charge in [-0.05, 0) is 6.07 Å². The minimum Gasteiger partial charge on any atom is -0.384 e. The number of anilines is 1. The van der Waals surface area contributed by atoms with Crippen molar-refractivity contribution in [1.29, 1.82) is 5.41 Å². The number of nitrogens with two attached hydrogens (primary N) is 1. The number of nitrogens with one attached hydrogen (secondary N) is 1. The molecule has 0 amide bonds. The summed E-state index contributed by atoms with van der Waals surface area (Å²) in [6.45, 7) is 0.715. The molecule has 1 fully saturated rings. The third-order valence-corrected chi connectivity index (χ3v) is 4.79. The van der Waals surface area contributed by atoms with Gasteiger partial charge in [-0.3, -0.25) is 5.41 Å². The Bertz CT molecular complexity index is 574. The van der Waals surface area contributed by atoms with Crippen LogP contribution in [0.15, 0.2) is 12.3 Å². The lowest BCUT2D eigenvalue weighted by atomic mass is 10.2. The number of amidine groups is 1. The molecule has 0 aromatic carbocycles. The summed E-state index contributed by atoms with van der Waals surface area (Å²) < 4.78 is 22.7. The minimum absolute atomic E-state index is 0.0926. The molecular formula is C10H13ClN4O2S. The van der Waals surface area contributed by atoms with Crippen LogP contribution >= 0.6 is 11.6 Å². The number of hydrogen-bond acceptors (Lipinski definition) is 5. The Hall–Kier alpha value is -1.34. The second-order valence-electron chi connectivity index (χ2n) is 4.05. The molecular weight excluding hydrogens is 276 g/mol. The Labute approximate surface area is 110 Å². The van der Waals surface area contributed by atoms with Crippen LogP contribution in [0.4, 0.5) is 5.82 Å². The van der Waals surface area contributed by atoms with Crippen molar-refractivity contribution in [1.82, 2.24) is 4.98 Å². The Kier molecular flexibility index (Phi) is 3.45. The summed E-state index contributed by atoms with van der Waals surface area (Å²) >= 11 is 6.13. The first-order valence-electron chi connectivity index (χ1n) is 5.35. The average molecular weight is 289 g/mol. The molecule has 18 heavy (non-hydrogen) atoms. The second-order valence-corrected chi connectivity index (χ2v) is 6.73. The highest BCUT2D eigenvalue weighted by molar-refractivity contribution is 7.91. The van der Waals surface area contributed by atoms with Crippen LogP contribution in [0.5, 0.6) is 0 Å². The predicted octanol–water partition coefficient (Wildman–Crippen LogP) is 0.254. The van der Waals surface area contributed by atoms with E-state index in [2.05, 4.69) is 4.98 Å². The van der Waals surface area contributed by atoms with E-state index in [1.165, 1.54) is 6.20 Å². The van der Waals surface area contributed by atoms with Gasteiger partial charge in [0.1, 0.15) is 11.7 Å². The monoisotopic (exact) mass is 288 g/mol. The summed E-state index contributed by atoms with van der Waals surface area (Å²) in [5.41, 5.74) is 5.82. The van der Waals surface area contributed by atoms with Crippen molar-refractivity contribution in [2.75, 3.05) is 29.5 Å². The van der Waals surface area contributed by atoms with E-state index in [0.717, 1.165) is 0 Å². The summed E-state index contributed by atoms with van der Waals surface area (Å²) in [6, 6.07) is 1.56. The van der Waals surface area contributed by atoms with Crippen LogP contribution in [0.2, 0.25) is 5.02 Å². The van der Waals surface area contributed by atoms with Crippen LogP contribution < -0.4 is 10.6 Å². The van der Waals surface area contributed by atoms with Gasteiger partial charge in [0, 0.05) is 24.8 Å². The smallest absolute Gasteiger partial charge is 0.153 e. The summed E-state index contributed by atoms with van der Waals surface area (Å²) in [4.78, 5) is 5.94. The van der Waals surface area contributed by atoms with E-state index < -0.39 is 9.84 Å². The molecule has 0 atom stereocenters. The predicted molar refractivity (Wildman–Crippen MR) is 71.1 cm³/mol. The van der Waals surface area contributed by atoms with Crippen LogP contribution in [-0.2, 0) is 9.84 Å². The second kappa shape index (κ2) is 4.74. The fourth-order valence-corrected chi connectivity index (χ4v) is 3.32. The number of nitrogens with zero attached hydrogens (tertiary/aromatic N) is 2. The topological polar surface area (TPSA) is 100 Å². The largest absolute Gasteiger partial charge is 0.384 e. The SMILES string of the molecule is N=C(N)c1ccnc(N2CCS(=O)(=O)CC2)c1Cl. The lowest BCUT2D eigenvalue weighted by molar-refractivity contribution is 0.586. The Balaban J connectivity index is 2.30. The molecule has 6 nitrogen and oxygen atoms in total. The van der Waals surface area contributed by atoms with Crippen LogP contribution in [0.3, 0.4) is 0 Å². The summed E-state index contributed by atoms with van der Waals surface area (Å²) in [6.07, 6.45) is 1.51. The number of rotatable bonds is 2. The van der Waals surface area contributed by atoms with Crippen molar-refractivity contribution >= 4 is 33.1 Å². The summed E-state index contributed by atoms with van der Waals surface area (Å²) in [7, 11) is -2.94. The lowest BCUT2D eigenvalue weighted by Crippen LogP contribution is -2.41. The number of nitrogen functional groups attached to an aromatic ring is 1. The quantitative estimate of drug-likeness (QED) is 0.600. The van der Waals surface area contributed by atoms with Gasteiger partial charge in [-0.2, -0.15) is 0 Å². The molecule has 3 N–H and O–H groups in total. The number of sulfone groups is 1. The van der Waals surface area contributed by atoms with Crippen molar-refractivity contribution in [3.05, 3.63) is 22.8 Å². The number of pyridine rings is 1. The molecule has 1 aliphatic rings. The molecule has 2 heterocycles. The van der Waals surface area contributed by atoms with Gasteiger partial charge in [-0.25, -0.2) is 13.4 Å². The van der Waals surface area contributed by atoms with E-state index in [4.69, 9.17) is 22.7 Å². The van der Waals surface area contributed by atoms with E-state index >= 15 is 0 Å². The Morgan fingerprint density at radius 2 is 2.06 bits per heavy atom. The van der Waals surface area contributed by atoms with Gasteiger partial charge in [-0.15, -0.1) is 0 Å². The van der Waals surface area contributed by atoms with Gasteiger partial charge in [-0.1, -0.05) is 11.6 Å². The zero-order valence-corrected chi connectivity index (χ0v) is 11.1. The normalized spacial score (nSPS) is 18.6. The summed E-state index contributed by atoms with van der Waals surface area (Å²) in [5.74, 6) is 0.539. The first kappa shape index (κ1) is 13.1. The lowest BCUT2D eigenvalue weighted by Gasteiger charge is -2.28. The highest BCUT2D eigenvalue weighted by Crippen LogP contribution is 2.27. The molecule has 2 rings (SSSR count). The minimum atomic E-state index is -2.94. The van der Waals surface area contributed by atoms with E-state index in [1.54, 1.807) is 11.0 Å². The molecule has 1 aromatic heterocycles. The maximum Gasteiger partial charge on any atom is 0.153 e. The Morgan fingerprint density at radius 3 is 2.61 bits per heavy atom. The number of hydrogen-bond donors (Lipinski definition) is 2. The molecule has 0 saturated carbocycles. The van der Waals surface area contributed by atoms with Gasteiger partial charge in [0.2, 0.25) is 0 Å². The molecule has 0 radical (unpaired) electrons. The zero-order chi connectivity index (χ0) is 13.3. The van der Waals surface area contributed by atoms with Crippen LogP contribution in [-0.4, -0.2) is 43.8 Å². The van der Waals surface area contributed by atoms with Crippen LogP contribution in [0.1, 0.15) is 5.56 Å². The van der Waals surface area contributed by atoms with Crippen LogP contribution in [0, 0.1) is 5.41 Å². The summed E-state index contributed by atoms with van der Waals surface area (Å²) in [5, 5.41) is 7.70. The first-order chi connectivity index (χ1) is 8.41. The van der Waals surface area contributed by atoms with Gasteiger partial charge in [0.25, 0.3) is 0 Å². The fraction of sp³-hybridized carbons (Fsp3) is 0.400. The van der Waals surface area contributed by atoms with Crippen molar-refractivity contribution in [3.8, 4) is 0 Å². The maximum absolute atomic E-state index is 11.4. The molecule has 1 aliphatic heterocycles. The standard InChI is InChI=1S/C10H13ClN4O2S/c11-8-7(9(12)13)1-2-14-10(8)15-3-5-18(16,17)6-4-15/h1-2H,3-6H2,(H3,12,13). The molecule has 8 heteroatoms. The molecule has 0 aliphatic carbocycles. The van der Waals surface area contributed by atoms with Gasteiger partial charge < -0.3 is 10.6 Å². The first-order valence-corrected chi connectivity index (χ1v) is 7.55. The maximum atomic E-state index is 11.4. The highest BCUT2D eigenvalue weighted by atomic mass is 35.5.